The van der Waals surface area contributed by atoms with E-state index in [9.17, 15) is 4.79 Å². The third kappa shape index (κ3) is 3.61. The average Bonchev–Trinajstić information content (AvgIpc) is 2.60. The number of esters is 1. The van der Waals surface area contributed by atoms with Crippen LogP contribution in [0.15, 0.2) is 12.3 Å². The number of carbonyl (C=O) groups excluding carboxylic acids is 1. The predicted molar refractivity (Wildman–Crippen MR) is 57.1 cm³/mol. The first-order valence-corrected chi connectivity index (χ1v) is 5.14. The maximum absolute atomic E-state index is 11.4. The van der Waals surface area contributed by atoms with E-state index >= 15 is 0 Å². The van der Waals surface area contributed by atoms with Crippen LogP contribution in [0, 0.1) is 0 Å². The molecule has 0 atom stereocenters. The summed E-state index contributed by atoms with van der Waals surface area (Å²) in [7, 11) is 0. The summed E-state index contributed by atoms with van der Waals surface area (Å²) >= 11 is 0. The van der Waals surface area contributed by atoms with E-state index in [0.717, 1.165) is 12.8 Å². The quantitative estimate of drug-likeness (QED) is 0.743. The van der Waals surface area contributed by atoms with E-state index in [2.05, 4.69) is 5.10 Å². The Balaban J connectivity index is 2.42. The van der Waals surface area contributed by atoms with E-state index in [-0.39, 0.29) is 18.6 Å². The van der Waals surface area contributed by atoms with Crippen molar-refractivity contribution in [1.29, 1.82) is 0 Å². The number of carbonyl (C=O) groups is 1. The van der Waals surface area contributed by atoms with Crippen LogP contribution in [0.2, 0.25) is 0 Å². The second-order valence-electron chi connectivity index (χ2n) is 3.37. The third-order valence-electron chi connectivity index (χ3n) is 2.16. The standard InChI is InChI=1S/C10H17N3O2/c1-3-8(4-2)15-10(14)7-13-6-5-9(11)12-13/h5-6,8H,3-4,7H2,1-2H3,(H2,11,12). The molecule has 0 aliphatic carbocycles. The van der Waals surface area contributed by atoms with Gasteiger partial charge in [0.05, 0.1) is 0 Å². The number of nitrogens with zero attached hydrogens (tertiary/aromatic N) is 2. The normalized spacial score (nSPS) is 10.6. The Hall–Kier alpha value is -1.52. The maximum atomic E-state index is 11.4. The molecule has 0 bridgehead atoms. The van der Waals surface area contributed by atoms with Gasteiger partial charge in [-0.3, -0.25) is 9.48 Å². The van der Waals surface area contributed by atoms with Crippen molar-refractivity contribution in [1.82, 2.24) is 9.78 Å². The zero-order valence-corrected chi connectivity index (χ0v) is 9.14. The molecule has 0 spiro atoms. The summed E-state index contributed by atoms with van der Waals surface area (Å²) in [5, 5.41) is 3.90. The molecule has 0 aromatic carbocycles. The molecule has 0 unspecified atom stereocenters. The molecule has 84 valence electrons. The second kappa shape index (κ2) is 5.38. The van der Waals surface area contributed by atoms with Crippen LogP contribution in [-0.2, 0) is 16.1 Å². The van der Waals surface area contributed by atoms with Crippen molar-refractivity contribution in [2.24, 2.45) is 0 Å². The van der Waals surface area contributed by atoms with Gasteiger partial charge in [-0.15, -0.1) is 0 Å². The minimum Gasteiger partial charge on any atom is -0.461 e. The minimum atomic E-state index is -0.271. The molecule has 0 aliphatic heterocycles. The highest BCUT2D eigenvalue weighted by molar-refractivity contribution is 5.69. The number of aromatic nitrogens is 2. The fourth-order valence-electron chi connectivity index (χ4n) is 1.28. The molecule has 0 radical (unpaired) electrons. The molecule has 1 rings (SSSR count). The van der Waals surface area contributed by atoms with E-state index in [1.54, 1.807) is 12.3 Å². The number of nitrogen functional groups attached to an aromatic ring is 1. The summed E-state index contributed by atoms with van der Waals surface area (Å²) in [6, 6.07) is 1.64. The molecular weight excluding hydrogens is 194 g/mol. The SMILES string of the molecule is CCC(CC)OC(=O)Cn1ccc(N)n1. The average molecular weight is 211 g/mol. The van der Waals surface area contributed by atoms with Crippen LogP contribution in [0.25, 0.3) is 0 Å². The molecule has 1 aromatic rings. The lowest BCUT2D eigenvalue weighted by Crippen LogP contribution is -2.21. The summed E-state index contributed by atoms with van der Waals surface area (Å²) < 4.78 is 6.69. The van der Waals surface area contributed by atoms with Crippen molar-refractivity contribution >= 4 is 11.8 Å². The monoisotopic (exact) mass is 211 g/mol. The molecule has 0 saturated carbocycles. The zero-order valence-electron chi connectivity index (χ0n) is 9.14. The largest absolute Gasteiger partial charge is 0.461 e. The van der Waals surface area contributed by atoms with Crippen molar-refractivity contribution in [2.75, 3.05) is 5.73 Å². The van der Waals surface area contributed by atoms with Gasteiger partial charge in [0, 0.05) is 6.20 Å². The molecule has 1 aromatic heterocycles. The highest BCUT2D eigenvalue weighted by Crippen LogP contribution is 2.04. The Morgan fingerprint density at radius 1 is 1.60 bits per heavy atom. The fourth-order valence-corrected chi connectivity index (χ4v) is 1.28. The highest BCUT2D eigenvalue weighted by Gasteiger charge is 2.11. The summed E-state index contributed by atoms with van der Waals surface area (Å²) in [5.74, 6) is 0.136. The van der Waals surface area contributed by atoms with Gasteiger partial charge in [-0.1, -0.05) is 13.8 Å². The minimum absolute atomic E-state index is 0.00501. The highest BCUT2D eigenvalue weighted by atomic mass is 16.5. The summed E-state index contributed by atoms with van der Waals surface area (Å²) in [5.41, 5.74) is 5.42. The molecule has 5 heteroatoms. The lowest BCUT2D eigenvalue weighted by Gasteiger charge is -2.13. The summed E-state index contributed by atoms with van der Waals surface area (Å²) in [6.45, 7) is 4.11. The first-order valence-electron chi connectivity index (χ1n) is 5.14. The first kappa shape index (κ1) is 11.6. The Kier molecular flexibility index (Phi) is 4.15. The van der Waals surface area contributed by atoms with E-state index in [1.165, 1.54) is 4.68 Å². The number of hydrogen-bond acceptors (Lipinski definition) is 4. The second-order valence-corrected chi connectivity index (χ2v) is 3.37. The number of anilines is 1. The van der Waals surface area contributed by atoms with Crippen molar-refractivity contribution < 1.29 is 9.53 Å². The van der Waals surface area contributed by atoms with Gasteiger partial charge in [0.25, 0.3) is 0 Å². The van der Waals surface area contributed by atoms with Crippen LogP contribution >= 0.6 is 0 Å². The number of hydrogen-bond donors (Lipinski definition) is 1. The third-order valence-corrected chi connectivity index (χ3v) is 2.16. The van der Waals surface area contributed by atoms with Gasteiger partial charge >= 0.3 is 5.97 Å². The summed E-state index contributed by atoms with van der Waals surface area (Å²) in [4.78, 5) is 11.4. The van der Waals surface area contributed by atoms with Crippen LogP contribution < -0.4 is 5.73 Å². The van der Waals surface area contributed by atoms with Gasteiger partial charge in [0.2, 0.25) is 0 Å². The Labute approximate surface area is 89.2 Å². The van der Waals surface area contributed by atoms with E-state index in [0.29, 0.717) is 5.82 Å². The number of rotatable bonds is 5. The van der Waals surface area contributed by atoms with Crippen molar-refractivity contribution in [3.8, 4) is 0 Å². The smallest absolute Gasteiger partial charge is 0.328 e. The fraction of sp³-hybridized carbons (Fsp3) is 0.600. The van der Waals surface area contributed by atoms with E-state index in [4.69, 9.17) is 10.5 Å². The topological polar surface area (TPSA) is 70.1 Å². The van der Waals surface area contributed by atoms with Gasteiger partial charge < -0.3 is 10.5 Å². The maximum Gasteiger partial charge on any atom is 0.328 e. The predicted octanol–water partition coefficient (Wildman–Crippen LogP) is 1.20. The number of nitrogens with two attached hydrogens (primary N) is 1. The van der Waals surface area contributed by atoms with E-state index < -0.39 is 0 Å². The lowest BCUT2D eigenvalue weighted by molar-refractivity contribution is -0.150. The molecule has 0 saturated heterocycles. The Morgan fingerprint density at radius 2 is 2.27 bits per heavy atom. The van der Waals surface area contributed by atoms with Gasteiger partial charge in [-0.2, -0.15) is 5.10 Å². The first-order chi connectivity index (χ1) is 7.15. The van der Waals surface area contributed by atoms with Crippen molar-refractivity contribution in [2.45, 2.75) is 39.3 Å². The number of ether oxygens (including phenoxy) is 1. The molecule has 5 nitrogen and oxygen atoms in total. The lowest BCUT2D eigenvalue weighted by atomic mass is 10.2. The Bertz CT molecular complexity index is 318. The van der Waals surface area contributed by atoms with Crippen molar-refractivity contribution in [3.63, 3.8) is 0 Å². The molecule has 15 heavy (non-hydrogen) atoms. The molecule has 0 aliphatic rings. The van der Waals surface area contributed by atoms with Crippen LogP contribution in [0.1, 0.15) is 26.7 Å². The molecular formula is C10H17N3O2. The van der Waals surface area contributed by atoms with Gasteiger partial charge in [-0.25, -0.2) is 0 Å². The van der Waals surface area contributed by atoms with E-state index in [1.807, 2.05) is 13.8 Å². The van der Waals surface area contributed by atoms with Crippen molar-refractivity contribution in [3.05, 3.63) is 12.3 Å². The van der Waals surface area contributed by atoms with Gasteiger partial charge in [0.1, 0.15) is 18.5 Å². The van der Waals surface area contributed by atoms with Gasteiger partial charge in [0.15, 0.2) is 0 Å². The zero-order chi connectivity index (χ0) is 11.3. The Morgan fingerprint density at radius 3 is 2.73 bits per heavy atom. The van der Waals surface area contributed by atoms with Crippen LogP contribution in [0.3, 0.4) is 0 Å². The molecule has 1 heterocycles. The molecule has 2 N–H and O–H groups in total. The molecule has 0 fully saturated rings. The van der Waals surface area contributed by atoms with Gasteiger partial charge in [-0.05, 0) is 18.9 Å². The molecule has 0 amide bonds. The van der Waals surface area contributed by atoms with Crippen LogP contribution in [-0.4, -0.2) is 21.9 Å². The summed E-state index contributed by atoms with van der Waals surface area (Å²) in [6.07, 6.45) is 3.33. The van der Waals surface area contributed by atoms with Crippen LogP contribution in [0.5, 0.6) is 0 Å². The van der Waals surface area contributed by atoms with Crippen LogP contribution in [0.4, 0.5) is 5.82 Å².